The highest BCUT2D eigenvalue weighted by molar-refractivity contribution is 5.69. The topological polar surface area (TPSA) is 52.6 Å². The molecule has 34 heavy (non-hydrogen) atoms. The maximum absolute atomic E-state index is 11.9. The van der Waals surface area contributed by atoms with Gasteiger partial charge < -0.3 is 9.47 Å². The molecule has 0 aliphatic rings. The van der Waals surface area contributed by atoms with Gasteiger partial charge in [0.05, 0.1) is 13.2 Å². The third kappa shape index (κ3) is 25.6. The van der Waals surface area contributed by atoms with E-state index in [0.29, 0.717) is 26.1 Å². The fourth-order valence-corrected chi connectivity index (χ4v) is 4.18. The molecule has 0 aromatic heterocycles. The van der Waals surface area contributed by atoms with Crippen LogP contribution in [0.4, 0.5) is 0 Å². The Morgan fingerprint density at radius 1 is 0.471 bits per heavy atom. The SMILES string of the molecule is CCCCCCCCCCCCCC(=O)OCC(C)COC(=O)CCCCCCCCCCC. The Hall–Kier alpha value is -1.06. The summed E-state index contributed by atoms with van der Waals surface area (Å²) >= 11 is 0. The molecular weight excluding hydrogens is 424 g/mol. The summed E-state index contributed by atoms with van der Waals surface area (Å²) in [7, 11) is 0. The van der Waals surface area contributed by atoms with Gasteiger partial charge >= 0.3 is 11.9 Å². The Bertz CT molecular complexity index is 449. The highest BCUT2D eigenvalue weighted by atomic mass is 16.5. The van der Waals surface area contributed by atoms with Gasteiger partial charge in [-0.25, -0.2) is 0 Å². The molecule has 4 heteroatoms. The smallest absolute Gasteiger partial charge is 0.305 e. The van der Waals surface area contributed by atoms with Crippen molar-refractivity contribution in [2.45, 2.75) is 162 Å². The van der Waals surface area contributed by atoms with Crippen LogP contribution in [0.1, 0.15) is 162 Å². The molecule has 0 rings (SSSR count). The molecule has 1 atom stereocenters. The first kappa shape index (κ1) is 32.9. The van der Waals surface area contributed by atoms with Crippen LogP contribution in [0.15, 0.2) is 0 Å². The van der Waals surface area contributed by atoms with Crippen molar-refractivity contribution in [1.29, 1.82) is 0 Å². The highest BCUT2D eigenvalue weighted by Crippen LogP contribution is 2.13. The summed E-state index contributed by atoms with van der Waals surface area (Å²) in [5.41, 5.74) is 0. The van der Waals surface area contributed by atoms with Gasteiger partial charge in [0.1, 0.15) is 0 Å². The van der Waals surface area contributed by atoms with Gasteiger partial charge in [-0.1, -0.05) is 136 Å². The molecule has 0 heterocycles. The predicted molar refractivity (Wildman–Crippen MR) is 144 cm³/mol. The Kier molecular flexibility index (Phi) is 25.7. The first-order chi connectivity index (χ1) is 16.6. The van der Waals surface area contributed by atoms with Crippen molar-refractivity contribution in [2.75, 3.05) is 13.2 Å². The van der Waals surface area contributed by atoms with E-state index < -0.39 is 0 Å². The van der Waals surface area contributed by atoms with Gasteiger partial charge in [0.15, 0.2) is 0 Å². The van der Waals surface area contributed by atoms with E-state index in [1.54, 1.807) is 0 Å². The summed E-state index contributed by atoms with van der Waals surface area (Å²) in [5.74, 6) is -0.195. The van der Waals surface area contributed by atoms with E-state index in [1.807, 2.05) is 6.92 Å². The van der Waals surface area contributed by atoms with Crippen molar-refractivity contribution >= 4 is 11.9 Å². The molecule has 0 spiro atoms. The van der Waals surface area contributed by atoms with Crippen molar-refractivity contribution in [3.05, 3.63) is 0 Å². The Labute approximate surface area is 212 Å². The number of hydrogen-bond donors (Lipinski definition) is 0. The zero-order valence-electron chi connectivity index (χ0n) is 23.2. The lowest BCUT2D eigenvalue weighted by Crippen LogP contribution is -2.18. The fourth-order valence-electron chi connectivity index (χ4n) is 4.18. The molecule has 0 aromatic rings. The zero-order valence-corrected chi connectivity index (χ0v) is 23.2. The molecule has 0 saturated carbocycles. The second-order valence-corrected chi connectivity index (χ2v) is 10.3. The average molecular weight is 483 g/mol. The highest BCUT2D eigenvalue weighted by Gasteiger charge is 2.10. The quantitative estimate of drug-likeness (QED) is 0.0910. The van der Waals surface area contributed by atoms with Crippen LogP contribution in [-0.2, 0) is 19.1 Å². The van der Waals surface area contributed by atoms with Crippen LogP contribution in [0.5, 0.6) is 0 Å². The van der Waals surface area contributed by atoms with Crippen molar-refractivity contribution in [3.63, 3.8) is 0 Å². The first-order valence-corrected chi connectivity index (χ1v) is 14.9. The van der Waals surface area contributed by atoms with Crippen LogP contribution < -0.4 is 0 Å². The Morgan fingerprint density at radius 2 is 0.735 bits per heavy atom. The number of ether oxygens (including phenoxy) is 2. The van der Waals surface area contributed by atoms with Gasteiger partial charge in [-0.15, -0.1) is 0 Å². The maximum atomic E-state index is 11.9. The maximum Gasteiger partial charge on any atom is 0.305 e. The summed E-state index contributed by atoms with van der Waals surface area (Å²) in [4.78, 5) is 23.8. The van der Waals surface area contributed by atoms with Crippen LogP contribution in [-0.4, -0.2) is 25.2 Å². The summed E-state index contributed by atoms with van der Waals surface area (Å²) in [6.45, 7) is 7.13. The van der Waals surface area contributed by atoms with E-state index in [9.17, 15) is 9.59 Å². The zero-order chi connectivity index (χ0) is 25.1. The van der Waals surface area contributed by atoms with Crippen LogP contribution in [0.25, 0.3) is 0 Å². The lowest BCUT2D eigenvalue weighted by atomic mass is 10.1. The van der Waals surface area contributed by atoms with E-state index in [0.717, 1.165) is 25.7 Å². The summed E-state index contributed by atoms with van der Waals surface area (Å²) in [6, 6.07) is 0. The largest absolute Gasteiger partial charge is 0.465 e. The monoisotopic (exact) mass is 482 g/mol. The van der Waals surface area contributed by atoms with Crippen molar-refractivity contribution in [3.8, 4) is 0 Å². The number of carbonyl (C=O) groups is 2. The molecule has 0 bridgehead atoms. The van der Waals surface area contributed by atoms with Gasteiger partial charge in [0, 0.05) is 18.8 Å². The first-order valence-electron chi connectivity index (χ1n) is 14.9. The van der Waals surface area contributed by atoms with Crippen LogP contribution in [0, 0.1) is 5.92 Å². The summed E-state index contributed by atoms with van der Waals surface area (Å²) in [5, 5.41) is 0. The molecule has 0 aliphatic carbocycles. The normalized spacial score (nSPS) is 12.0. The molecular formula is C30H58O4. The third-order valence-corrected chi connectivity index (χ3v) is 6.53. The predicted octanol–water partition coefficient (Wildman–Crippen LogP) is 9.33. The number of hydrogen-bond acceptors (Lipinski definition) is 4. The van der Waals surface area contributed by atoms with E-state index in [1.165, 1.54) is 103 Å². The number of rotatable bonds is 26. The average Bonchev–Trinajstić information content (AvgIpc) is 2.83. The molecule has 0 N–H and O–H groups in total. The van der Waals surface area contributed by atoms with E-state index >= 15 is 0 Å². The lowest BCUT2D eigenvalue weighted by Gasteiger charge is -2.13. The van der Waals surface area contributed by atoms with Crippen molar-refractivity contribution in [1.82, 2.24) is 0 Å². The fraction of sp³-hybridized carbons (Fsp3) is 0.933. The van der Waals surface area contributed by atoms with E-state index in [-0.39, 0.29) is 17.9 Å². The second kappa shape index (κ2) is 26.5. The standard InChI is InChI=1S/C30H58O4/c1-4-6-8-10-12-14-15-17-19-21-23-25-30(32)34-27-28(3)26-33-29(31)24-22-20-18-16-13-11-9-7-5-2/h28H,4-27H2,1-3H3. The number of esters is 2. The van der Waals surface area contributed by atoms with Crippen molar-refractivity contribution in [2.24, 2.45) is 5.92 Å². The van der Waals surface area contributed by atoms with Crippen LogP contribution in [0.3, 0.4) is 0 Å². The molecule has 0 radical (unpaired) electrons. The molecule has 0 amide bonds. The van der Waals surface area contributed by atoms with Crippen LogP contribution in [0.2, 0.25) is 0 Å². The van der Waals surface area contributed by atoms with Gasteiger partial charge in [0.25, 0.3) is 0 Å². The van der Waals surface area contributed by atoms with Crippen LogP contribution >= 0.6 is 0 Å². The number of unbranched alkanes of at least 4 members (excludes halogenated alkanes) is 18. The van der Waals surface area contributed by atoms with Gasteiger partial charge in [-0.05, 0) is 12.8 Å². The molecule has 4 nitrogen and oxygen atoms in total. The molecule has 202 valence electrons. The number of carbonyl (C=O) groups excluding carboxylic acids is 2. The second-order valence-electron chi connectivity index (χ2n) is 10.3. The van der Waals surface area contributed by atoms with E-state index in [2.05, 4.69) is 13.8 Å². The molecule has 1 unspecified atom stereocenters. The molecule has 0 saturated heterocycles. The summed E-state index contributed by atoms with van der Waals surface area (Å²) < 4.78 is 10.7. The Morgan fingerprint density at radius 3 is 1.03 bits per heavy atom. The minimum Gasteiger partial charge on any atom is -0.465 e. The Balaban J connectivity index is 3.43. The van der Waals surface area contributed by atoms with Crippen molar-refractivity contribution < 1.29 is 19.1 Å². The third-order valence-electron chi connectivity index (χ3n) is 6.53. The lowest BCUT2D eigenvalue weighted by molar-refractivity contribution is -0.148. The van der Waals surface area contributed by atoms with E-state index in [4.69, 9.17) is 9.47 Å². The molecule has 0 fully saturated rings. The minimum atomic E-state index is -0.123. The minimum absolute atomic E-state index is 0.0494. The molecule has 0 aliphatic heterocycles. The van der Waals surface area contributed by atoms with Gasteiger partial charge in [-0.3, -0.25) is 9.59 Å². The van der Waals surface area contributed by atoms with Gasteiger partial charge in [-0.2, -0.15) is 0 Å². The van der Waals surface area contributed by atoms with Gasteiger partial charge in [0.2, 0.25) is 0 Å². The molecule has 0 aromatic carbocycles. The summed E-state index contributed by atoms with van der Waals surface area (Å²) in [6.07, 6.45) is 26.2.